The topological polar surface area (TPSA) is 46.2 Å². The first-order chi connectivity index (χ1) is 9.29. The van der Waals surface area contributed by atoms with Gasteiger partial charge in [0.1, 0.15) is 11.6 Å². The summed E-state index contributed by atoms with van der Waals surface area (Å²) in [5, 5.41) is 0. The molecule has 8 heteroatoms. The van der Waals surface area contributed by atoms with Crippen LogP contribution in [0, 0.1) is 11.6 Å². The molecule has 3 nitrogen and oxygen atoms in total. The van der Waals surface area contributed by atoms with Crippen LogP contribution in [0.1, 0.15) is 0 Å². The molecule has 0 radical (unpaired) electrons. The standard InChI is InChI=1S/C12H7Br2F2NO2S/c13-7-1-3-8(4-2-7)20(18,19)17-12-5-9(14)10(15)6-11(12)16/h1-6,17H. The number of hydrogen-bond acceptors (Lipinski definition) is 2. The normalized spacial score (nSPS) is 11.4. The van der Waals surface area contributed by atoms with Crippen LogP contribution in [0.3, 0.4) is 0 Å². The molecule has 2 rings (SSSR count). The number of anilines is 1. The molecule has 2 aromatic rings. The molecule has 0 aromatic heterocycles. The molecule has 0 saturated carbocycles. The highest BCUT2D eigenvalue weighted by molar-refractivity contribution is 9.10. The molecule has 106 valence electrons. The molecule has 0 heterocycles. The Kier molecular flexibility index (Phi) is 4.46. The number of halogens is 4. The highest BCUT2D eigenvalue weighted by atomic mass is 79.9. The van der Waals surface area contributed by atoms with Gasteiger partial charge in [0.05, 0.1) is 15.1 Å². The summed E-state index contributed by atoms with van der Waals surface area (Å²) >= 11 is 6.06. The second kappa shape index (κ2) is 5.79. The van der Waals surface area contributed by atoms with Crippen LogP contribution >= 0.6 is 31.9 Å². The van der Waals surface area contributed by atoms with Crippen molar-refractivity contribution in [2.75, 3.05) is 4.72 Å². The summed E-state index contributed by atoms with van der Waals surface area (Å²) in [6.45, 7) is 0. The molecule has 0 spiro atoms. The van der Waals surface area contributed by atoms with E-state index in [1.165, 1.54) is 12.1 Å². The van der Waals surface area contributed by atoms with Crippen molar-refractivity contribution in [2.45, 2.75) is 4.90 Å². The van der Waals surface area contributed by atoms with Crippen molar-refractivity contribution in [1.82, 2.24) is 0 Å². The lowest BCUT2D eigenvalue weighted by Crippen LogP contribution is -2.14. The van der Waals surface area contributed by atoms with E-state index in [9.17, 15) is 17.2 Å². The Balaban J connectivity index is 2.38. The van der Waals surface area contributed by atoms with Crippen molar-refractivity contribution in [2.24, 2.45) is 0 Å². The first-order valence-electron chi connectivity index (χ1n) is 5.22. The number of benzene rings is 2. The van der Waals surface area contributed by atoms with Gasteiger partial charge in [0.2, 0.25) is 0 Å². The lowest BCUT2D eigenvalue weighted by atomic mass is 10.3. The molecular weight excluding hydrogens is 420 g/mol. The van der Waals surface area contributed by atoms with Gasteiger partial charge < -0.3 is 0 Å². The number of sulfonamides is 1. The van der Waals surface area contributed by atoms with E-state index in [-0.39, 0.29) is 15.1 Å². The van der Waals surface area contributed by atoms with E-state index < -0.39 is 21.7 Å². The predicted octanol–water partition coefficient (Wildman–Crippen LogP) is 4.29. The zero-order valence-corrected chi connectivity index (χ0v) is 13.7. The van der Waals surface area contributed by atoms with Crippen molar-refractivity contribution in [3.8, 4) is 0 Å². The molecule has 0 fully saturated rings. The minimum atomic E-state index is -3.94. The summed E-state index contributed by atoms with van der Waals surface area (Å²) in [7, 11) is -3.94. The Morgan fingerprint density at radius 2 is 1.55 bits per heavy atom. The van der Waals surface area contributed by atoms with E-state index in [4.69, 9.17) is 0 Å². The molecular formula is C12H7Br2F2NO2S. The van der Waals surface area contributed by atoms with Gasteiger partial charge in [-0.3, -0.25) is 4.72 Å². The molecule has 1 N–H and O–H groups in total. The molecule has 0 saturated heterocycles. The summed E-state index contributed by atoms with van der Waals surface area (Å²) < 4.78 is 53.5. The average Bonchev–Trinajstić information content (AvgIpc) is 2.36. The third-order valence-electron chi connectivity index (χ3n) is 2.38. The SMILES string of the molecule is O=S(=O)(Nc1cc(Br)c(F)cc1F)c1ccc(Br)cc1. The highest BCUT2D eigenvalue weighted by Gasteiger charge is 2.17. The average molecular weight is 427 g/mol. The van der Waals surface area contributed by atoms with E-state index >= 15 is 0 Å². The Bertz CT molecular complexity index is 749. The smallest absolute Gasteiger partial charge is 0.261 e. The van der Waals surface area contributed by atoms with Crippen LogP contribution in [0.15, 0.2) is 50.2 Å². The first-order valence-corrected chi connectivity index (χ1v) is 8.29. The van der Waals surface area contributed by atoms with Crippen molar-refractivity contribution in [1.29, 1.82) is 0 Å². The maximum Gasteiger partial charge on any atom is 0.261 e. The molecule has 2 aromatic carbocycles. The lowest BCUT2D eigenvalue weighted by Gasteiger charge is -2.10. The quantitative estimate of drug-likeness (QED) is 0.744. The lowest BCUT2D eigenvalue weighted by molar-refractivity contribution is 0.579. The summed E-state index contributed by atoms with van der Waals surface area (Å²) in [6, 6.07) is 7.45. The predicted molar refractivity (Wildman–Crippen MR) is 79.0 cm³/mol. The van der Waals surface area contributed by atoms with Crippen molar-refractivity contribution in [3.63, 3.8) is 0 Å². The zero-order chi connectivity index (χ0) is 14.9. The second-order valence-corrected chi connectivity index (χ2v) is 7.26. The fraction of sp³-hybridized carbons (Fsp3) is 0. The van der Waals surface area contributed by atoms with E-state index in [1.807, 2.05) is 0 Å². The third kappa shape index (κ3) is 3.36. The van der Waals surface area contributed by atoms with Gasteiger partial charge in [-0.25, -0.2) is 17.2 Å². The molecule has 0 aliphatic heterocycles. The fourth-order valence-corrected chi connectivity index (χ4v) is 3.08. The van der Waals surface area contributed by atoms with Gasteiger partial charge in [0.25, 0.3) is 10.0 Å². The van der Waals surface area contributed by atoms with Gasteiger partial charge in [0, 0.05) is 10.5 Å². The second-order valence-electron chi connectivity index (χ2n) is 3.81. The van der Waals surface area contributed by atoms with E-state index in [0.29, 0.717) is 10.5 Å². The van der Waals surface area contributed by atoms with Crippen LogP contribution in [0.5, 0.6) is 0 Å². The summed E-state index contributed by atoms with van der Waals surface area (Å²) in [6.07, 6.45) is 0. The minimum Gasteiger partial charge on any atom is -0.277 e. The molecule has 0 amide bonds. The Hall–Kier alpha value is -0.990. The van der Waals surface area contributed by atoms with Crippen LogP contribution in [-0.4, -0.2) is 8.42 Å². The molecule has 0 aliphatic rings. The van der Waals surface area contributed by atoms with Gasteiger partial charge in [-0.05, 0) is 46.3 Å². The van der Waals surface area contributed by atoms with Crippen LogP contribution in [0.25, 0.3) is 0 Å². The Labute approximate surface area is 131 Å². The monoisotopic (exact) mass is 425 g/mol. The first kappa shape index (κ1) is 15.4. The number of nitrogens with one attached hydrogen (secondary N) is 1. The van der Waals surface area contributed by atoms with Gasteiger partial charge in [0.15, 0.2) is 0 Å². The molecule has 20 heavy (non-hydrogen) atoms. The summed E-state index contributed by atoms with van der Waals surface area (Å²) in [5.41, 5.74) is -0.332. The minimum absolute atomic E-state index is 0.0273. The number of rotatable bonds is 3. The van der Waals surface area contributed by atoms with Gasteiger partial charge >= 0.3 is 0 Å². The van der Waals surface area contributed by atoms with E-state index in [2.05, 4.69) is 36.6 Å². The van der Waals surface area contributed by atoms with Crippen molar-refractivity contribution >= 4 is 47.6 Å². The van der Waals surface area contributed by atoms with E-state index in [0.717, 1.165) is 6.07 Å². The van der Waals surface area contributed by atoms with Crippen LogP contribution in [0.2, 0.25) is 0 Å². The summed E-state index contributed by atoms with van der Waals surface area (Å²) in [5.74, 6) is -1.81. The van der Waals surface area contributed by atoms with Crippen LogP contribution in [0.4, 0.5) is 14.5 Å². The highest BCUT2D eigenvalue weighted by Crippen LogP contribution is 2.26. The molecule has 0 unspecified atom stereocenters. The maximum absolute atomic E-state index is 13.5. The van der Waals surface area contributed by atoms with E-state index in [1.54, 1.807) is 12.1 Å². The number of hydrogen-bond donors (Lipinski definition) is 1. The fourth-order valence-electron chi connectivity index (χ4n) is 1.42. The van der Waals surface area contributed by atoms with Crippen molar-refractivity contribution < 1.29 is 17.2 Å². The third-order valence-corrected chi connectivity index (χ3v) is 4.90. The Morgan fingerprint density at radius 1 is 0.950 bits per heavy atom. The molecule has 0 atom stereocenters. The van der Waals surface area contributed by atoms with Crippen molar-refractivity contribution in [3.05, 3.63) is 57.0 Å². The van der Waals surface area contributed by atoms with Gasteiger partial charge in [-0.1, -0.05) is 15.9 Å². The van der Waals surface area contributed by atoms with Gasteiger partial charge in [-0.2, -0.15) is 0 Å². The summed E-state index contributed by atoms with van der Waals surface area (Å²) in [4.78, 5) is -0.0273. The maximum atomic E-state index is 13.5. The Morgan fingerprint density at radius 3 is 2.15 bits per heavy atom. The van der Waals surface area contributed by atoms with Crippen LogP contribution < -0.4 is 4.72 Å². The largest absolute Gasteiger partial charge is 0.277 e. The van der Waals surface area contributed by atoms with Gasteiger partial charge in [-0.15, -0.1) is 0 Å². The molecule has 0 bridgehead atoms. The molecule has 0 aliphatic carbocycles. The zero-order valence-electron chi connectivity index (χ0n) is 9.70. The van der Waals surface area contributed by atoms with Crippen LogP contribution in [-0.2, 0) is 10.0 Å².